The van der Waals surface area contributed by atoms with Crippen molar-refractivity contribution in [3.63, 3.8) is 0 Å². The Hall–Kier alpha value is -3.15. The first kappa shape index (κ1) is 15.1. The molecular weight excluding hydrogens is 328 g/mol. The van der Waals surface area contributed by atoms with E-state index in [1.807, 2.05) is 17.8 Å². The number of esters is 1. The Morgan fingerprint density at radius 2 is 2.08 bits per heavy atom. The summed E-state index contributed by atoms with van der Waals surface area (Å²) in [5, 5.41) is 5.75. The molecule has 130 valence electrons. The first-order chi connectivity index (χ1) is 12.7. The van der Waals surface area contributed by atoms with Gasteiger partial charge in [-0.25, -0.2) is 4.79 Å². The maximum atomic E-state index is 12.0. The number of rotatable bonds is 3. The minimum atomic E-state index is -0.378. The summed E-state index contributed by atoms with van der Waals surface area (Å²) >= 11 is 0. The summed E-state index contributed by atoms with van der Waals surface area (Å²) in [6.45, 7) is 0. The molecule has 0 atom stereocenters. The van der Waals surface area contributed by atoms with Gasteiger partial charge in [-0.05, 0) is 48.6 Å². The molecule has 1 aliphatic carbocycles. The van der Waals surface area contributed by atoms with Crippen LogP contribution in [0.5, 0.6) is 0 Å². The lowest BCUT2D eigenvalue weighted by atomic mass is 10.1. The van der Waals surface area contributed by atoms with Crippen LogP contribution in [0.4, 0.5) is 0 Å². The van der Waals surface area contributed by atoms with Gasteiger partial charge < -0.3 is 9.72 Å². The minimum Gasteiger partial charge on any atom is -0.465 e. The lowest BCUT2D eigenvalue weighted by molar-refractivity contribution is 0.0602. The second-order valence-corrected chi connectivity index (χ2v) is 6.82. The van der Waals surface area contributed by atoms with Gasteiger partial charge in [-0.15, -0.1) is 0 Å². The van der Waals surface area contributed by atoms with E-state index < -0.39 is 0 Å². The molecule has 6 heteroatoms. The Labute approximate surface area is 149 Å². The van der Waals surface area contributed by atoms with Gasteiger partial charge in [0.25, 0.3) is 0 Å². The average Bonchev–Trinajstić information content (AvgIpc) is 3.32. The summed E-state index contributed by atoms with van der Waals surface area (Å²) in [6, 6.07) is 10.1. The van der Waals surface area contributed by atoms with Gasteiger partial charge in [0.2, 0.25) is 0 Å². The van der Waals surface area contributed by atoms with Crippen LogP contribution in [0.1, 0.15) is 34.7 Å². The fourth-order valence-electron chi connectivity index (χ4n) is 3.64. The molecule has 26 heavy (non-hydrogen) atoms. The zero-order valence-corrected chi connectivity index (χ0v) is 14.6. The molecule has 0 saturated heterocycles. The smallest absolute Gasteiger partial charge is 0.340 e. The van der Waals surface area contributed by atoms with Crippen LogP contribution in [-0.2, 0) is 11.8 Å². The number of aromatic nitrogens is 4. The number of fused-ring (bicyclic) bond motifs is 2. The van der Waals surface area contributed by atoms with Crippen molar-refractivity contribution in [2.24, 2.45) is 7.05 Å². The molecule has 0 amide bonds. The number of aryl methyl sites for hydroxylation is 1. The van der Waals surface area contributed by atoms with E-state index in [4.69, 9.17) is 4.74 Å². The summed E-state index contributed by atoms with van der Waals surface area (Å²) in [7, 11) is 3.32. The van der Waals surface area contributed by atoms with Crippen molar-refractivity contribution in [3.8, 4) is 11.4 Å². The molecule has 3 heterocycles. The van der Waals surface area contributed by atoms with Gasteiger partial charge in [0.05, 0.1) is 40.6 Å². The predicted octanol–water partition coefficient (Wildman–Crippen LogP) is 3.78. The number of nitrogens with zero attached hydrogens (tertiary/aromatic N) is 3. The van der Waals surface area contributed by atoms with Gasteiger partial charge in [-0.3, -0.25) is 9.67 Å². The van der Waals surface area contributed by atoms with Crippen molar-refractivity contribution in [1.82, 2.24) is 19.7 Å². The number of carbonyl (C=O) groups excluding carboxylic acids is 1. The average molecular weight is 346 g/mol. The van der Waals surface area contributed by atoms with Gasteiger partial charge in [-0.1, -0.05) is 6.07 Å². The topological polar surface area (TPSA) is 72.8 Å². The second-order valence-electron chi connectivity index (χ2n) is 6.82. The highest BCUT2D eigenvalue weighted by Crippen LogP contribution is 2.42. The zero-order chi connectivity index (χ0) is 17.8. The summed E-state index contributed by atoms with van der Waals surface area (Å²) in [5.41, 5.74) is 6.12. The highest BCUT2D eigenvalue weighted by molar-refractivity contribution is 6.04. The zero-order valence-electron chi connectivity index (χ0n) is 14.6. The molecule has 1 fully saturated rings. The Kier molecular flexibility index (Phi) is 3.16. The van der Waals surface area contributed by atoms with E-state index in [-0.39, 0.29) is 5.97 Å². The van der Waals surface area contributed by atoms with E-state index >= 15 is 0 Å². The van der Waals surface area contributed by atoms with Gasteiger partial charge in [-0.2, -0.15) is 5.10 Å². The molecule has 5 rings (SSSR count). The molecule has 6 nitrogen and oxygen atoms in total. The van der Waals surface area contributed by atoms with E-state index in [0.717, 1.165) is 27.8 Å². The summed E-state index contributed by atoms with van der Waals surface area (Å²) in [5.74, 6) is 0.305. The van der Waals surface area contributed by atoms with Crippen LogP contribution in [0.25, 0.3) is 33.3 Å². The molecular formula is C20H18N4O2. The summed E-state index contributed by atoms with van der Waals surface area (Å²) in [4.78, 5) is 19.8. The minimum absolute atomic E-state index is 0.378. The Morgan fingerprint density at radius 1 is 1.23 bits per heavy atom. The van der Waals surface area contributed by atoms with E-state index in [9.17, 15) is 4.79 Å². The van der Waals surface area contributed by atoms with Crippen molar-refractivity contribution in [2.75, 3.05) is 7.11 Å². The van der Waals surface area contributed by atoms with Crippen LogP contribution in [0.15, 0.2) is 36.5 Å². The van der Waals surface area contributed by atoms with Crippen LogP contribution in [0, 0.1) is 0 Å². The highest BCUT2D eigenvalue weighted by atomic mass is 16.5. The monoisotopic (exact) mass is 346 g/mol. The number of hydrogen-bond donors (Lipinski definition) is 1. The number of ether oxygens (including phenoxy) is 1. The Balaban J connectivity index is 1.73. The highest BCUT2D eigenvalue weighted by Gasteiger charge is 2.25. The third-order valence-corrected chi connectivity index (χ3v) is 5.09. The standard InChI is InChI=1S/C20H18N4O2/c1-24-19(14-9-12(11-3-4-11)5-6-15(14)23-24)17-10-16-18(22-17)13(7-8-21-16)20(25)26-2/h5-11,22H,3-4H2,1-2H3. The molecule has 0 aliphatic heterocycles. The Bertz CT molecular complexity index is 1170. The molecule has 0 radical (unpaired) electrons. The van der Waals surface area contributed by atoms with Gasteiger partial charge in [0.15, 0.2) is 0 Å². The fraction of sp³-hybridized carbons (Fsp3) is 0.250. The molecule has 0 spiro atoms. The van der Waals surface area contributed by atoms with Crippen molar-refractivity contribution in [2.45, 2.75) is 18.8 Å². The first-order valence-electron chi connectivity index (χ1n) is 8.69. The Morgan fingerprint density at radius 3 is 2.85 bits per heavy atom. The van der Waals surface area contributed by atoms with E-state index in [0.29, 0.717) is 17.0 Å². The predicted molar refractivity (Wildman–Crippen MR) is 99.1 cm³/mol. The molecule has 3 aromatic heterocycles. The van der Waals surface area contributed by atoms with Gasteiger partial charge in [0.1, 0.15) is 0 Å². The number of nitrogens with one attached hydrogen (secondary N) is 1. The third-order valence-electron chi connectivity index (χ3n) is 5.09. The third kappa shape index (κ3) is 2.22. The lowest BCUT2D eigenvalue weighted by Gasteiger charge is -2.02. The second kappa shape index (κ2) is 5.42. The molecule has 0 unspecified atom stereocenters. The number of aromatic amines is 1. The number of benzene rings is 1. The van der Waals surface area contributed by atoms with Crippen LogP contribution in [0.2, 0.25) is 0 Å². The largest absolute Gasteiger partial charge is 0.465 e. The first-order valence-corrected chi connectivity index (χ1v) is 8.69. The molecule has 4 aromatic rings. The molecule has 1 N–H and O–H groups in total. The lowest BCUT2D eigenvalue weighted by Crippen LogP contribution is -2.02. The van der Waals surface area contributed by atoms with E-state index in [2.05, 4.69) is 33.3 Å². The molecule has 1 aliphatic rings. The maximum Gasteiger partial charge on any atom is 0.340 e. The number of methoxy groups -OCH3 is 1. The van der Waals surface area contributed by atoms with Crippen molar-refractivity contribution >= 4 is 27.9 Å². The van der Waals surface area contributed by atoms with Crippen LogP contribution in [-0.4, -0.2) is 32.8 Å². The summed E-state index contributed by atoms with van der Waals surface area (Å²) < 4.78 is 6.76. The van der Waals surface area contributed by atoms with Crippen molar-refractivity contribution < 1.29 is 9.53 Å². The molecule has 0 bridgehead atoms. The van der Waals surface area contributed by atoms with Crippen molar-refractivity contribution in [1.29, 1.82) is 0 Å². The number of pyridine rings is 1. The van der Waals surface area contributed by atoms with E-state index in [1.54, 1.807) is 12.3 Å². The van der Waals surface area contributed by atoms with Crippen LogP contribution < -0.4 is 0 Å². The fourth-order valence-corrected chi connectivity index (χ4v) is 3.64. The number of H-pyrrole nitrogens is 1. The summed E-state index contributed by atoms with van der Waals surface area (Å²) in [6.07, 6.45) is 4.15. The number of hydrogen-bond acceptors (Lipinski definition) is 4. The normalized spacial score (nSPS) is 14.2. The van der Waals surface area contributed by atoms with Crippen LogP contribution in [0.3, 0.4) is 0 Å². The van der Waals surface area contributed by atoms with Gasteiger partial charge in [0, 0.05) is 18.6 Å². The maximum absolute atomic E-state index is 12.0. The van der Waals surface area contributed by atoms with Crippen LogP contribution >= 0.6 is 0 Å². The van der Waals surface area contributed by atoms with Gasteiger partial charge >= 0.3 is 5.97 Å². The van der Waals surface area contributed by atoms with Crippen molar-refractivity contribution in [3.05, 3.63) is 47.7 Å². The molecule has 1 aromatic carbocycles. The van der Waals surface area contributed by atoms with E-state index in [1.165, 1.54) is 25.5 Å². The quantitative estimate of drug-likeness (QED) is 0.573. The molecule has 1 saturated carbocycles. The number of carbonyl (C=O) groups is 1. The SMILES string of the molecule is COC(=O)c1ccnc2cc(-c3c4cc(C5CC5)ccc4nn3C)[nH]c12.